The first kappa shape index (κ1) is 23.5. The van der Waals surface area contributed by atoms with Crippen molar-refractivity contribution >= 4 is 44.8 Å². The molecule has 2 aromatic carbocycles. The minimum absolute atomic E-state index is 0.142. The lowest BCUT2D eigenvalue weighted by atomic mass is 10.0. The Hall–Kier alpha value is -3.13. The van der Waals surface area contributed by atoms with Crippen molar-refractivity contribution in [3.8, 4) is 0 Å². The number of nitrogens with one attached hydrogen (secondary N) is 1. The van der Waals surface area contributed by atoms with Gasteiger partial charge in [-0.05, 0) is 50.6 Å². The Balaban J connectivity index is 1.93. The topological polar surface area (TPSA) is 86.6 Å². The molecule has 0 aliphatic heterocycles. The normalized spacial score (nSPS) is 12.3. The molecule has 3 rings (SSSR count). The van der Waals surface area contributed by atoms with Gasteiger partial charge in [-0.1, -0.05) is 40.2 Å². The van der Waals surface area contributed by atoms with Crippen LogP contribution in [0.25, 0.3) is 10.9 Å². The van der Waals surface area contributed by atoms with Gasteiger partial charge in [0, 0.05) is 28.0 Å². The second kappa shape index (κ2) is 9.56. The van der Waals surface area contributed by atoms with Crippen LogP contribution in [0.4, 0.5) is 4.79 Å². The van der Waals surface area contributed by atoms with Crippen molar-refractivity contribution in [1.82, 2.24) is 9.88 Å². The molecule has 0 aliphatic carbocycles. The van der Waals surface area contributed by atoms with Gasteiger partial charge >= 0.3 is 12.1 Å². The molecule has 0 unspecified atom stereocenters. The summed E-state index contributed by atoms with van der Waals surface area (Å²) in [5.41, 5.74) is 1.11. The van der Waals surface area contributed by atoms with Gasteiger partial charge in [0.15, 0.2) is 0 Å². The van der Waals surface area contributed by atoms with Crippen LogP contribution in [0.1, 0.15) is 36.7 Å². The molecule has 0 saturated carbocycles. The molecular formula is C24H25BrN2O5. The van der Waals surface area contributed by atoms with Crippen LogP contribution < -0.4 is 5.32 Å². The van der Waals surface area contributed by atoms with E-state index in [1.165, 1.54) is 11.7 Å². The van der Waals surface area contributed by atoms with E-state index in [0.29, 0.717) is 16.6 Å². The number of halogens is 1. The van der Waals surface area contributed by atoms with Crippen LogP contribution in [0.5, 0.6) is 0 Å². The summed E-state index contributed by atoms with van der Waals surface area (Å²) in [5.74, 6) is -0.986. The maximum atomic E-state index is 12.7. The van der Waals surface area contributed by atoms with E-state index in [2.05, 4.69) is 21.2 Å². The minimum Gasteiger partial charge on any atom is -0.467 e. The molecule has 1 N–H and O–H groups in total. The quantitative estimate of drug-likeness (QED) is 0.513. The van der Waals surface area contributed by atoms with E-state index in [0.717, 1.165) is 9.86 Å². The van der Waals surface area contributed by atoms with Crippen molar-refractivity contribution in [2.24, 2.45) is 0 Å². The van der Waals surface area contributed by atoms with Crippen LogP contribution in [0.3, 0.4) is 0 Å². The summed E-state index contributed by atoms with van der Waals surface area (Å²) in [6.45, 7) is 5.38. The summed E-state index contributed by atoms with van der Waals surface area (Å²) in [6, 6.07) is 13.2. The molecule has 1 heterocycles. The standard InChI is InChI=1S/C24H25BrN2O5/c1-24(2,3)32-23(30)27-14-16(18-10-5-6-11-20(18)27)13-19(22(29)31-4)26-21(28)15-8-7-9-17(25)12-15/h5-12,14,19H,13H2,1-4H3,(H,26,28)/t19-/m0/s1. The highest BCUT2D eigenvalue weighted by Gasteiger charge is 2.26. The maximum absolute atomic E-state index is 12.7. The minimum atomic E-state index is -0.940. The van der Waals surface area contributed by atoms with Gasteiger partial charge in [-0.15, -0.1) is 0 Å². The average Bonchev–Trinajstić information content (AvgIpc) is 3.10. The van der Waals surface area contributed by atoms with Crippen LogP contribution in [0, 0.1) is 0 Å². The zero-order valence-electron chi connectivity index (χ0n) is 18.3. The highest BCUT2D eigenvalue weighted by atomic mass is 79.9. The monoisotopic (exact) mass is 500 g/mol. The number of carbonyl (C=O) groups is 3. The number of aromatic nitrogens is 1. The smallest absolute Gasteiger partial charge is 0.419 e. The molecule has 32 heavy (non-hydrogen) atoms. The maximum Gasteiger partial charge on any atom is 0.419 e. The molecule has 0 fully saturated rings. The van der Waals surface area contributed by atoms with E-state index >= 15 is 0 Å². The Morgan fingerprint density at radius 2 is 1.81 bits per heavy atom. The van der Waals surface area contributed by atoms with Gasteiger partial charge in [0.25, 0.3) is 5.91 Å². The Labute approximate surface area is 194 Å². The fraction of sp³-hybridized carbons (Fsp3) is 0.292. The first-order valence-corrected chi connectivity index (χ1v) is 10.8. The Morgan fingerprint density at radius 1 is 1.09 bits per heavy atom. The molecule has 1 amide bonds. The number of methoxy groups -OCH3 is 1. The average molecular weight is 501 g/mol. The van der Waals surface area contributed by atoms with Gasteiger partial charge in [-0.2, -0.15) is 0 Å². The van der Waals surface area contributed by atoms with Crippen molar-refractivity contribution in [1.29, 1.82) is 0 Å². The van der Waals surface area contributed by atoms with Gasteiger partial charge in [0.2, 0.25) is 0 Å². The lowest BCUT2D eigenvalue weighted by Crippen LogP contribution is -2.43. The van der Waals surface area contributed by atoms with Gasteiger partial charge in [0.05, 0.1) is 12.6 Å². The SMILES string of the molecule is COC(=O)[C@H](Cc1cn(C(=O)OC(C)(C)C)c2ccccc12)NC(=O)c1cccc(Br)c1. The second-order valence-electron chi connectivity index (χ2n) is 8.29. The number of hydrogen-bond acceptors (Lipinski definition) is 5. The number of carbonyl (C=O) groups excluding carboxylic acids is 3. The molecule has 0 bridgehead atoms. The summed E-state index contributed by atoms with van der Waals surface area (Å²) in [7, 11) is 1.27. The van der Waals surface area contributed by atoms with Crippen molar-refractivity contribution in [2.45, 2.75) is 38.8 Å². The molecule has 7 nitrogen and oxygen atoms in total. The summed E-state index contributed by atoms with van der Waals surface area (Å²) in [4.78, 5) is 37.9. The van der Waals surface area contributed by atoms with E-state index in [1.54, 1.807) is 57.3 Å². The second-order valence-corrected chi connectivity index (χ2v) is 9.20. The van der Waals surface area contributed by atoms with E-state index in [4.69, 9.17) is 9.47 Å². The number of para-hydroxylation sites is 1. The number of amides is 1. The Kier molecular flexibility index (Phi) is 7.03. The van der Waals surface area contributed by atoms with Crippen LogP contribution in [0.2, 0.25) is 0 Å². The lowest BCUT2D eigenvalue weighted by Gasteiger charge is -2.19. The third kappa shape index (κ3) is 5.56. The largest absolute Gasteiger partial charge is 0.467 e. The molecular weight excluding hydrogens is 476 g/mol. The van der Waals surface area contributed by atoms with Gasteiger partial charge in [0.1, 0.15) is 11.6 Å². The Bertz CT molecular complexity index is 1160. The van der Waals surface area contributed by atoms with Crippen LogP contribution in [-0.4, -0.2) is 41.3 Å². The highest BCUT2D eigenvalue weighted by molar-refractivity contribution is 9.10. The molecule has 8 heteroatoms. The number of rotatable bonds is 5. The molecule has 3 aromatic rings. The predicted octanol–water partition coefficient (Wildman–Crippen LogP) is 4.70. The number of hydrogen-bond donors (Lipinski definition) is 1. The van der Waals surface area contributed by atoms with E-state index < -0.39 is 29.6 Å². The lowest BCUT2D eigenvalue weighted by molar-refractivity contribution is -0.142. The van der Waals surface area contributed by atoms with Crippen LogP contribution in [0.15, 0.2) is 59.2 Å². The molecule has 0 saturated heterocycles. The first-order valence-electron chi connectivity index (χ1n) is 10.1. The summed E-state index contributed by atoms with van der Waals surface area (Å²) < 4.78 is 12.6. The molecule has 1 aromatic heterocycles. The van der Waals surface area contributed by atoms with Gasteiger partial charge in [-0.3, -0.25) is 9.36 Å². The summed E-state index contributed by atoms with van der Waals surface area (Å²) in [6.07, 6.45) is 1.26. The van der Waals surface area contributed by atoms with Gasteiger partial charge in [-0.25, -0.2) is 9.59 Å². The number of ether oxygens (including phenoxy) is 2. The summed E-state index contributed by atoms with van der Waals surface area (Å²) in [5, 5.41) is 3.52. The molecule has 0 spiro atoms. The molecule has 168 valence electrons. The number of esters is 1. The van der Waals surface area contributed by atoms with Crippen molar-refractivity contribution in [3.63, 3.8) is 0 Å². The number of nitrogens with zero attached hydrogens (tertiary/aromatic N) is 1. The van der Waals surface area contributed by atoms with Gasteiger partial charge < -0.3 is 14.8 Å². The third-order valence-corrected chi connectivity index (χ3v) is 5.18. The fourth-order valence-corrected chi connectivity index (χ4v) is 3.70. The fourth-order valence-electron chi connectivity index (χ4n) is 3.30. The first-order chi connectivity index (χ1) is 15.1. The van der Waals surface area contributed by atoms with Crippen molar-refractivity contribution < 1.29 is 23.9 Å². The Morgan fingerprint density at radius 3 is 2.47 bits per heavy atom. The zero-order chi connectivity index (χ0) is 23.5. The van der Waals surface area contributed by atoms with E-state index in [9.17, 15) is 14.4 Å². The third-order valence-electron chi connectivity index (χ3n) is 4.69. The molecule has 1 atom stereocenters. The number of fused-ring (bicyclic) bond motifs is 1. The molecule has 0 aliphatic rings. The highest BCUT2D eigenvalue weighted by Crippen LogP contribution is 2.24. The van der Waals surface area contributed by atoms with Crippen LogP contribution >= 0.6 is 15.9 Å². The van der Waals surface area contributed by atoms with Crippen molar-refractivity contribution in [3.05, 3.63) is 70.3 Å². The zero-order valence-corrected chi connectivity index (χ0v) is 19.9. The number of benzene rings is 2. The molecule has 0 radical (unpaired) electrons. The van der Waals surface area contributed by atoms with E-state index in [-0.39, 0.29) is 6.42 Å². The van der Waals surface area contributed by atoms with E-state index in [1.807, 2.05) is 18.2 Å². The summed E-state index contributed by atoms with van der Waals surface area (Å²) >= 11 is 3.34. The van der Waals surface area contributed by atoms with Crippen LogP contribution in [-0.2, 0) is 20.7 Å². The van der Waals surface area contributed by atoms with Crippen molar-refractivity contribution in [2.75, 3.05) is 7.11 Å². The predicted molar refractivity (Wildman–Crippen MR) is 125 cm³/mol.